The molecule has 0 N–H and O–H groups in total. The second-order valence-corrected chi connectivity index (χ2v) is 5.18. The average molecular weight is 337 g/mol. The molecule has 2 aromatic carbocycles. The Morgan fingerprint density at radius 3 is 2.55 bits per heavy atom. The van der Waals surface area contributed by atoms with Crippen LogP contribution in [0.3, 0.4) is 0 Å². The van der Waals surface area contributed by atoms with Gasteiger partial charge in [0.05, 0.1) is 6.61 Å². The van der Waals surface area contributed by atoms with Crippen LogP contribution < -0.4 is 4.74 Å². The first kappa shape index (κ1) is 14.7. The van der Waals surface area contributed by atoms with E-state index in [0.717, 1.165) is 12.2 Å². The molecule has 0 radical (unpaired) electrons. The molecule has 2 nitrogen and oxygen atoms in total. The summed E-state index contributed by atoms with van der Waals surface area (Å²) in [4.78, 5) is 12.3. The van der Waals surface area contributed by atoms with Crippen molar-refractivity contribution in [3.8, 4) is 5.75 Å². The molecule has 0 saturated heterocycles. The van der Waals surface area contributed by atoms with Crippen LogP contribution >= 0.6 is 15.9 Å². The topological polar surface area (TPSA) is 26.3 Å². The van der Waals surface area contributed by atoms with Gasteiger partial charge in [-0.25, -0.2) is 4.39 Å². The summed E-state index contributed by atoms with van der Waals surface area (Å²) in [6.45, 7) is 2.67. The molecule has 0 aromatic heterocycles. The van der Waals surface area contributed by atoms with Crippen LogP contribution in [0.2, 0.25) is 0 Å². The zero-order chi connectivity index (χ0) is 14.5. The SMILES string of the molecule is CCCOc1ccc(C(=O)c2cc(F)ccc2Br)cc1. The molecule has 4 heteroatoms. The molecule has 0 spiro atoms. The summed E-state index contributed by atoms with van der Waals surface area (Å²) in [5, 5.41) is 0. The molecule has 0 heterocycles. The van der Waals surface area contributed by atoms with E-state index in [4.69, 9.17) is 4.74 Å². The third-order valence-electron chi connectivity index (χ3n) is 2.76. The van der Waals surface area contributed by atoms with Crippen LogP contribution in [0.15, 0.2) is 46.9 Å². The van der Waals surface area contributed by atoms with Gasteiger partial charge in [0.2, 0.25) is 0 Å². The molecule has 20 heavy (non-hydrogen) atoms. The molecule has 0 atom stereocenters. The van der Waals surface area contributed by atoms with Gasteiger partial charge in [0, 0.05) is 15.6 Å². The van der Waals surface area contributed by atoms with Gasteiger partial charge in [-0.05, 0) is 48.9 Å². The molecular weight excluding hydrogens is 323 g/mol. The van der Waals surface area contributed by atoms with Crippen LogP contribution in [0.4, 0.5) is 4.39 Å². The lowest BCUT2D eigenvalue weighted by atomic mass is 10.0. The van der Waals surface area contributed by atoms with Crippen LogP contribution in [0, 0.1) is 5.82 Å². The number of benzene rings is 2. The Morgan fingerprint density at radius 2 is 1.90 bits per heavy atom. The molecular formula is C16H14BrFO2. The van der Waals surface area contributed by atoms with Gasteiger partial charge >= 0.3 is 0 Å². The van der Waals surface area contributed by atoms with Crippen molar-refractivity contribution in [1.82, 2.24) is 0 Å². The monoisotopic (exact) mass is 336 g/mol. The van der Waals surface area contributed by atoms with Crippen LogP contribution in [0.1, 0.15) is 29.3 Å². The molecule has 0 unspecified atom stereocenters. The van der Waals surface area contributed by atoms with Crippen LogP contribution in [-0.4, -0.2) is 12.4 Å². The van der Waals surface area contributed by atoms with Crippen molar-refractivity contribution in [1.29, 1.82) is 0 Å². The van der Waals surface area contributed by atoms with Crippen molar-refractivity contribution >= 4 is 21.7 Å². The molecule has 0 amide bonds. The second kappa shape index (κ2) is 6.66. The van der Waals surface area contributed by atoms with Crippen molar-refractivity contribution < 1.29 is 13.9 Å². The molecule has 0 saturated carbocycles. The minimum absolute atomic E-state index is 0.224. The summed E-state index contributed by atoms with van der Waals surface area (Å²) in [6.07, 6.45) is 0.928. The van der Waals surface area contributed by atoms with Gasteiger partial charge in [0.1, 0.15) is 11.6 Å². The molecule has 2 aromatic rings. The minimum atomic E-state index is -0.431. The highest BCUT2D eigenvalue weighted by Crippen LogP contribution is 2.22. The second-order valence-electron chi connectivity index (χ2n) is 4.33. The first-order chi connectivity index (χ1) is 9.61. The first-order valence-electron chi connectivity index (χ1n) is 6.34. The molecule has 0 fully saturated rings. The predicted molar refractivity (Wildman–Crippen MR) is 79.8 cm³/mol. The zero-order valence-electron chi connectivity index (χ0n) is 11.0. The number of rotatable bonds is 5. The van der Waals surface area contributed by atoms with Crippen LogP contribution in [-0.2, 0) is 0 Å². The molecule has 0 aliphatic heterocycles. The fourth-order valence-corrected chi connectivity index (χ4v) is 2.18. The van der Waals surface area contributed by atoms with Gasteiger partial charge in [-0.15, -0.1) is 0 Å². The number of hydrogen-bond acceptors (Lipinski definition) is 2. The van der Waals surface area contributed by atoms with E-state index < -0.39 is 5.82 Å². The normalized spacial score (nSPS) is 10.3. The number of carbonyl (C=O) groups is 1. The number of halogens is 2. The van der Waals surface area contributed by atoms with Gasteiger partial charge in [-0.2, -0.15) is 0 Å². The third-order valence-corrected chi connectivity index (χ3v) is 3.45. The summed E-state index contributed by atoms with van der Waals surface area (Å²) in [5.41, 5.74) is 0.812. The molecule has 2 rings (SSSR count). The van der Waals surface area contributed by atoms with E-state index in [9.17, 15) is 9.18 Å². The summed E-state index contributed by atoms with van der Waals surface area (Å²) >= 11 is 3.26. The van der Waals surface area contributed by atoms with E-state index in [2.05, 4.69) is 15.9 Å². The fraction of sp³-hybridized carbons (Fsp3) is 0.188. The van der Waals surface area contributed by atoms with Crippen molar-refractivity contribution in [3.63, 3.8) is 0 Å². The maximum absolute atomic E-state index is 13.2. The van der Waals surface area contributed by atoms with Gasteiger partial charge in [-0.3, -0.25) is 4.79 Å². The summed E-state index contributed by atoms with van der Waals surface area (Å²) in [5.74, 6) is 0.0690. The Balaban J connectivity index is 2.22. The van der Waals surface area contributed by atoms with E-state index in [1.54, 1.807) is 24.3 Å². The minimum Gasteiger partial charge on any atom is -0.494 e. The van der Waals surface area contributed by atoms with Crippen LogP contribution in [0.5, 0.6) is 5.75 Å². The lowest BCUT2D eigenvalue weighted by Crippen LogP contribution is -2.03. The van der Waals surface area contributed by atoms with Gasteiger partial charge in [0.25, 0.3) is 0 Å². The average Bonchev–Trinajstić information content (AvgIpc) is 2.47. The molecule has 0 bridgehead atoms. The molecule has 0 aliphatic carbocycles. The van der Waals surface area contributed by atoms with Crippen molar-refractivity contribution in [2.45, 2.75) is 13.3 Å². The van der Waals surface area contributed by atoms with Crippen molar-refractivity contribution in [2.24, 2.45) is 0 Å². The largest absolute Gasteiger partial charge is 0.494 e. The zero-order valence-corrected chi connectivity index (χ0v) is 12.6. The van der Waals surface area contributed by atoms with Gasteiger partial charge in [-0.1, -0.05) is 22.9 Å². The Morgan fingerprint density at radius 1 is 1.20 bits per heavy atom. The number of hydrogen-bond donors (Lipinski definition) is 0. The highest BCUT2D eigenvalue weighted by molar-refractivity contribution is 9.10. The predicted octanol–water partition coefficient (Wildman–Crippen LogP) is 4.61. The smallest absolute Gasteiger partial charge is 0.194 e. The maximum Gasteiger partial charge on any atom is 0.194 e. The Hall–Kier alpha value is -1.68. The molecule has 0 aliphatic rings. The van der Waals surface area contributed by atoms with Crippen molar-refractivity contribution in [2.75, 3.05) is 6.61 Å². The lowest BCUT2D eigenvalue weighted by Gasteiger charge is -2.07. The number of ether oxygens (including phenoxy) is 1. The van der Waals surface area contributed by atoms with Gasteiger partial charge in [0.15, 0.2) is 5.78 Å². The maximum atomic E-state index is 13.2. The number of carbonyl (C=O) groups excluding carboxylic acids is 1. The summed E-state index contributed by atoms with van der Waals surface area (Å²) < 4.78 is 19.3. The quantitative estimate of drug-likeness (QED) is 0.745. The highest BCUT2D eigenvalue weighted by atomic mass is 79.9. The Kier molecular flexibility index (Phi) is 4.90. The van der Waals surface area contributed by atoms with E-state index in [1.807, 2.05) is 6.92 Å². The third kappa shape index (κ3) is 3.45. The van der Waals surface area contributed by atoms with Gasteiger partial charge < -0.3 is 4.74 Å². The standard InChI is InChI=1S/C16H14BrFO2/c1-2-9-20-13-6-3-11(4-7-13)16(19)14-10-12(18)5-8-15(14)17/h3-8,10H,2,9H2,1H3. The summed E-state index contributed by atoms with van der Waals surface area (Å²) in [7, 11) is 0. The van der Waals surface area contributed by atoms with Crippen molar-refractivity contribution in [3.05, 3.63) is 63.9 Å². The van der Waals surface area contributed by atoms with E-state index in [1.165, 1.54) is 18.2 Å². The Bertz CT molecular complexity index is 608. The van der Waals surface area contributed by atoms with E-state index in [0.29, 0.717) is 22.2 Å². The first-order valence-corrected chi connectivity index (χ1v) is 7.13. The fourth-order valence-electron chi connectivity index (χ4n) is 1.75. The number of ketones is 1. The highest BCUT2D eigenvalue weighted by Gasteiger charge is 2.13. The molecule has 104 valence electrons. The van der Waals surface area contributed by atoms with Crippen LogP contribution in [0.25, 0.3) is 0 Å². The Labute approximate surface area is 125 Å². The lowest BCUT2D eigenvalue weighted by molar-refractivity contribution is 0.103. The van der Waals surface area contributed by atoms with E-state index in [-0.39, 0.29) is 5.78 Å². The van der Waals surface area contributed by atoms with E-state index >= 15 is 0 Å². The summed E-state index contributed by atoms with van der Waals surface area (Å²) in [6, 6.07) is 10.9.